The number of nitro benzene ring substituents is 1. The number of carboxylic acids is 1. The SMILES string of the molecule is O=C(O)C=CC(=O)Nc1ccc(Br)c([N+](=O)[O-])c1. The Balaban J connectivity index is 2.86. The molecule has 0 saturated heterocycles. The van der Waals surface area contributed by atoms with Gasteiger partial charge in [0, 0.05) is 23.9 Å². The van der Waals surface area contributed by atoms with Crippen LogP contribution in [0.15, 0.2) is 34.8 Å². The van der Waals surface area contributed by atoms with Crippen molar-refractivity contribution < 1.29 is 19.6 Å². The third-order valence-electron chi connectivity index (χ3n) is 1.79. The Morgan fingerprint density at radius 1 is 1.39 bits per heavy atom. The van der Waals surface area contributed by atoms with Gasteiger partial charge in [-0.3, -0.25) is 14.9 Å². The highest BCUT2D eigenvalue weighted by Crippen LogP contribution is 2.27. The maximum absolute atomic E-state index is 11.2. The van der Waals surface area contributed by atoms with Crippen molar-refractivity contribution in [1.29, 1.82) is 0 Å². The first kappa shape index (κ1) is 13.8. The predicted octanol–water partition coefficient (Wildman–Crippen LogP) is 1.94. The highest BCUT2D eigenvalue weighted by Gasteiger charge is 2.12. The Morgan fingerprint density at radius 2 is 2.06 bits per heavy atom. The van der Waals surface area contributed by atoms with Crippen molar-refractivity contribution in [3.63, 3.8) is 0 Å². The molecule has 1 amide bonds. The number of hydrogen-bond acceptors (Lipinski definition) is 4. The second-order valence-electron chi connectivity index (χ2n) is 3.08. The molecule has 0 radical (unpaired) electrons. The van der Waals surface area contributed by atoms with E-state index in [1.165, 1.54) is 12.1 Å². The summed E-state index contributed by atoms with van der Waals surface area (Å²) in [6.07, 6.45) is 1.48. The second kappa shape index (κ2) is 5.92. The number of nitrogens with one attached hydrogen (secondary N) is 1. The first-order valence-electron chi connectivity index (χ1n) is 4.56. The van der Waals surface area contributed by atoms with Crippen molar-refractivity contribution in [2.45, 2.75) is 0 Å². The second-order valence-corrected chi connectivity index (χ2v) is 3.94. The fourth-order valence-corrected chi connectivity index (χ4v) is 1.45. The number of nitrogens with zero attached hydrogens (tertiary/aromatic N) is 1. The molecular weight excluding hydrogens is 308 g/mol. The van der Waals surface area contributed by atoms with Crippen LogP contribution < -0.4 is 5.32 Å². The fraction of sp³-hybridized carbons (Fsp3) is 0. The van der Waals surface area contributed by atoms with Gasteiger partial charge in [-0.05, 0) is 28.1 Å². The number of amides is 1. The smallest absolute Gasteiger partial charge is 0.328 e. The highest BCUT2D eigenvalue weighted by molar-refractivity contribution is 9.10. The fourth-order valence-electron chi connectivity index (χ4n) is 1.06. The van der Waals surface area contributed by atoms with Crippen LogP contribution in [0.1, 0.15) is 0 Å². The molecule has 0 saturated carbocycles. The molecule has 0 spiro atoms. The Kier molecular flexibility index (Phi) is 4.55. The van der Waals surface area contributed by atoms with Crippen LogP contribution in [0.2, 0.25) is 0 Å². The maximum Gasteiger partial charge on any atom is 0.328 e. The zero-order valence-electron chi connectivity index (χ0n) is 8.79. The van der Waals surface area contributed by atoms with Gasteiger partial charge in [0.2, 0.25) is 5.91 Å². The lowest BCUT2D eigenvalue weighted by Gasteiger charge is -2.02. The van der Waals surface area contributed by atoms with Gasteiger partial charge in [-0.25, -0.2) is 4.79 Å². The zero-order chi connectivity index (χ0) is 13.7. The molecule has 7 nitrogen and oxygen atoms in total. The summed E-state index contributed by atoms with van der Waals surface area (Å²) in [4.78, 5) is 31.5. The molecule has 0 heterocycles. The van der Waals surface area contributed by atoms with Crippen LogP contribution in [0, 0.1) is 10.1 Å². The Morgan fingerprint density at radius 3 is 2.61 bits per heavy atom. The number of halogens is 1. The van der Waals surface area contributed by atoms with Gasteiger partial charge in [0.05, 0.1) is 9.40 Å². The number of hydrogen-bond donors (Lipinski definition) is 2. The van der Waals surface area contributed by atoms with Gasteiger partial charge >= 0.3 is 5.97 Å². The van der Waals surface area contributed by atoms with E-state index in [1.54, 1.807) is 0 Å². The summed E-state index contributed by atoms with van der Waals surface area (Å²) in [7, 11) is 0. The van der Waals surface area contributed by atoms with Crippen LogP contribution in [0.5, 0.6) is 0 Å². The molecule has 0 aromatic heterocycles. The number of benzene rings is 1. The van der Waals surface area contributed by atoms with E-state index in [9.17, 15) is 19.7 Å². The van der Waals surface area contributed by atoms with Crippen LogP contribution in [0.4, 0.5) is 11.4 Å². The van der Waals surface area contributed by atoms with Gasteiger partial charge in [0.1, 0.15) is 0 Å². The van der Waals surface area contributed by atoms with E-state index in [-0.39, 0.29) is 15.8 Å². The zero-order valence-corrected chi connectivity index (χ0v) is 10.4. The molecule has 1 aromatic rings. The quantitative estimate of drug-likeness (QED) is 0.501. The van der Waals surface area contributed by atoms with Gasteiger partial charge in [0.25, 0.3) is 5.69 Å². The summed E-state index contributed by atoms with van der Waals surface area (Å²) >= 11 is 3.00. The molecule has 18 heavy (non-hydrogen) atoms. The molecule has 0 aliphatic rings. The molecular formula is C10H7BrN2O5. The molecule has 2 N–H and O–H groups in total. The summed E-state index contributed by atoms with van der Waals surface area (Å²) in [6, 6.07) is 4.02. The van der Waals surface area contributed by atoms with Crippen molar-refractivity contribution in [2.75, 3.05) is 5.32 Å². The normalized spacial score (nSPS) is 10.3. The van der Waals surface area contributed by atoms with Gasteiger partial charge in [-0.1, -0.05) is 0 Å². The first-order chi connectivity index (χ1) is 8.40. The first-order valence-corrected chi connectivity index (χ1v) is 5.35. The van der Waals surface area contributed by atoms with Crippen LogP contribution in [0.25, 0.3) is 0 Å². The number of carboxylic acid groups (broad SMARTS) is 1. The molecule has 1 rings (SSSR count). The molecule has 1 aromatic carbocycles. The van der Waals surface area contributed by atoms with Gasteiger partial charge in [-0.2, -0.15) is 0 Å². The van der Waals surface area contributed by atoms with E-state index < -0.39 is 16.8 Å². The van der Waals surface area contributed by atoms with Crippen LogP contribution in [-0.2, 0) is 9.59 Å². The third kappa shape index (κ3) is 3.98. The standard InChI is InChI=1S/C10H7BrN2O5/c11-7-2-1-6(5-8(7)13(17)18)12-9(14)3-4-10(15)16/h1-5H,(H,12,14)(H,15,16). The molecule has 0 atom stereocenters. The minimum Gasteiger partial charge on any atom is -0.478 e. The average molecular weight is 315 g/mol. The molecule has 0 unspecified atom stereocenters. The van der Waals surface area contributed by atoms with Gasteiger partial charge in [0.15, 0.2) is 0 Å². The predicted molar refractivity (Wildman–Crippen MR) is 66.2 cm³/mol. The molecule has 94 valence electrons. The number of nitro groups is 1. The minimum absolute atomic E-state index is 0.199. The number of rotatable bonds is 4. The van der Waals surface area contributed by atoms with Gasteiger partial charge in [-0.15, -0.1) is 0 Å². The lowest BCUT2D eigenvalue weighted by Crippen LogP contribution is -2.08. The number of aliphatic carboxylic acids is 1. The lowest BCUT2D eigenvalue weighted by molar-refractivity contribution is -0.385. The molecule has 0 aliphatic carbocycles. The van der Waals surface area contributed by atoms with Crippen LogP contribution in [0.3, 0.4) is 0 Å². The van der Waals surface area contributed by atoms with Crippen molar-refractivity contribution in [2.24, 2.45) is 0 Å². The maximum atomic E-state index is 11.2. The van der Waals surface area contributed by atoms with E-state index >= 15 is 0 Å². The van der Waals surface area contributed by atoms with Gasteiger partial charge < -0.3 is 10.4 Å². The van der Waals surface area contributed by atoms with Crippen molar-refractivity contribution >= 4 is 39.2 Å². The molecule has 0 bridgehead atoms. The van der Waals surface area contributed by atoms with Crippen LogP contribution >= 0.6 is 15.9 Å². The monoisotopic (exact) mass is 314 g/mol. The summed E-state index contributed by atoms with van der Waals surface area (Å²) in [5, 5.41) is 21.3. The number of carbonyl (C=O) groups excluding carboxylic acids is 1. The largest absolute Gasteiger partial charge is 0.478 e. The highest BCUT2D eigenvalue weighted by atomic mass is 79.9. The molecule has 0 fully saturated rings. The summed E-state index contributed by atoms with van der Waals surface area (Å²) < 4.78 is 0.284. The van der Waals surface area contributed by atoms with E-state index in [0.717, 1.165) is 12.1 Å². The Hall–Kier alpha value is -2.22. The van der Waals surface area contributed by atoms with E-state index in [1.807, 2.05) is 0 Å². The average Bonchev–Trinajstić information content (AvgIpc) is 2.28. The number of carbonyl (C=O) groups is 2. The third-order valence-corrected chi connectivity index (χ3v) is 2.46. The summed E-state index contributed by atoms with van der Waals surface area (Å²) in [6.45, 7) is 0. The van der Waals surface area contributed by atoms with Crippen molar-refractivity contribution in [1.82, 2.24) is 0 Å². The number of anilines is 1. The minimum atomic E-state index is -1.26. The van der Waals surface area contributed by atoms with Crippen LogP contribution in [-0.4, -0.2) is 21.9 Å². The summed E-state index contributed by atoms with van der Waals surface area (Å²) in [5.41, 5.74) is -0.0000436. The molecule has 8 heteroatoms. The summed E-state index contributed by atoms with van der Waals surface area (Å²) in [5.74, 6) is -1.94. The van der Waals surface area contributed by atoms with E-state index in [4.69, 9.17) is 5.11 Å². The Labute approximate surface area is 109 Å². The van der Waals surface area contributed by atoms with Crippen molar-refractivity contribution in [3.05, 3.63) is 44.9 Å². The lowest BCUT2D eigenvalue weighted by atomic mass is 10.3. The Bertz CT molecular complexity index is 541. The van der Waals surface area contributed by atoms with Crippen molar-refractivity contribution in [3.8, 4) is 0 Å². The topological polar surface area (TPSA) is 110 Å². The van der Waals surface area contributed by atoms with E-state index in [2.05, 4.69) is 21.2 Å². The van der Waals surface area contributed by atoms with E-state index in [0.29, 0.717) is 6.08 Å². The molecule has 0 aliphatic heterocycles.